The third-order valence-electron chi connectivity index (χ3n) is 7.33. The van der Waals surface area contributed by atoms with Crippen LogP contribution in [0, 0.1) is 0 Å². The number of rotatable bonds is 13. The fraction of sp³-hybridized carbons (Fsp3) is 0.394. The van der Waals surface area contributed by atoms with E-state index in [-0.39, 0.29) is 24.3 Å². The summed E-state index contributed by atoms with van der Waals surface area (Å²) in [7, 11) is 1.62. The zero-order chi connectivity index (χ0) is 28.2. The molecule has 4 rings (SSSR count). The first kappa shape index (κ1) is 29.5. The van der Waals surface area contributed by atoms with Crippen molar-refractivity contribution in [2.75, 3.05) is 13.7 Å². The molecule has 1 aliphatic carbocycles. The molecule has 0 aromatic heterocycles. The molecule has 1 aliphatic rings. The van der Waals surface area contributed by atoms with Crippen molar-refractivity contribution in [3.05, 3.63) is 95.0 Å². The first-order valence-electron chi connectivity index (χ1n) is 14.2. The third-order valence-corrected chi connectivity index (χ3v) is 7.56. The molecule has 0 bridgehead atoms. The molecule has 1 N–H and O–H groups in total. The van der Waals surface area contributed by atoms with Crippen molar-refractivity contribution in [1.29, 1.82) is 0 Å². The van der Waals surface area contributed by atoms with E-state index in [2.05, 4.69) is 5.32 Å². The van der Waals surface area contributed by atoms with Crippen LogP contribution in [-0.4, -0.2) is 42.5 Å². The van der Waals surface area contributed by atoms with Crippen LogP contribution in [0.5, 0.6) is 11.5 Å². The zero-order valence-electron chi connectivity index (χ0n) is 23.2. The maximum absolute atomic E-state index is 13.8. The van der Waals surface area contributed by atoms with Gasteiger partial charge in [0.2, 0.25) is 11.8 Å². The van der Waals surface area contributed by atoms with Crippen molar-refractivity contribution in [1.82, 2.24) is 10.2 Å². The highest BCUT2D eigenvalue weighted by atomic mass is 35.5. The minimum absolute atomic E-state index is 0.0852. The molecule has 0 heterocycles. The fourth-order valence-electron chi connectivity index (χ4n) is 5.16. The lowest BCUT2D eigenvalue weighted by Crippen LogP contribution is -2.52. The molecule has 0 spiro atoms. The van der Waals surface area contributed by atoms with Gasteiger partial charge in [-0.15, -0.1) is 0 Å². The van der Waals surface area contributed by atoms with E-state index >= 15 is 0 Å². The number of methoxy groups -OCH3 is 1. The van der Waals surface area contributed by atoms with E-state index in [9.17, 15) is 9.59 Å². The van der Waals surface area contributed by atoms with E-state index in [1.807, 2.05) is 78.9 Å². The Labute approximate surface area is 242 Å². The van der Waals surface area contributed by atoms with E-state index in [4.69, 9.17) is 21.1 Å². The Bertz CT molecular complexity index is 1210. The van der Waals surface area contributed by atoms with Gasteiger partial charge in [0.15, 0.2) is 0 Å². The second-order valence-corrected chi connectivity index (χ2v) is 10.8. The van der Waals surface area contributed by atoms with Crippen LogP contribution in [0.4, 0.5) is 0 Å². The van der Waals surface area contributed by atoms with E-state index in [0.717, 1.165) is 48.3 Å². The molecule has 1 saturated carbocycles. The zero-order valence-corrected chi connectivity index (χ0v) is 23.9. The maximum atomic E-state index is 13.8. The molecule has 40 heavy (non-hydrogen) atoms. The number of amides is 2. The Kier molecular flexibility index (Phi) is 11.3. The highest BCUT2D eigenvalue weighted by molar-refractivity contribution is 6.30. The molecule has 3 aromatic carbocycles. The lowest BCUT2D eigenvalue weighted by Gasteiger charge is -2.33. The highest BCUT2D eigenvalue weighted by Crippen LogP contribution is 2.22. The number of carbonyl (C=O) groups is 2. The van der Waals surface area contributed by atoms with Crippen LogP contribution in [0.2, 0.25) is 5.02 Å². The van der Waals surface area contributed by atoms with E-state index in [1.165, 1.54) is 6.42 Å². The van der Waals surface area contributed by atoms with Crippen LogP contribution in [0.3, 0.4) is 0 Å². The van der Waals surface area contributed by atoms with Gasteiger partial charge < -0.3 is 19.7 Å². The van der Waals surface area contributed by atoms with Gasteiger partial charge in [-0.2, -0.15) is 0 Å². The Morgan fingerprint density at radius 1 is 0.925 bits per heavy atom. The number of halogens is 1. The molecule has 1 atom stereocenters. The summed E-state index contributed by atoms with van der Waals surface area (Å²) in [6.07, 6.45) is 6.63. The minimum atomic E-state index is -0.640. The predicted molar refractivity (Wildman–Crippen MR) is 159 cm³/mol. The molecular formula is C33H39ClN2O4. The lowest BCUT2D eigenvalue weighted by atomic mass is 9.94. The summed E-state index contributed by atoms with van der Waals surface area (Å²) in [6, 6.07) is 24.3. The normalized spacial score (nSPS) is 14.2. The molecule has 0 saturated heterocycles. The summed E-state index contributed by atoms with van der Waals surface area (Å²) < 4.78 is 11.0. The van der Waals surface area contributed by atoms with Gasteiger partial charge in [0, 0.05) is 30.5 Å². The van der Waals surface area contributed by atoms with Crippen molar-refractivity contribution in [3.8, 4) is 11.5 Å². The highest BCUT2D eigenvalue weighted by Gasteiger charge is 2.31. The second-order valence-electron chi connectivity index (χ2n) is 10.3. The molecule has 0 radical (unpaired) electrons. The van der Waals surface area contributed by atoms with Gasteiger partial charge in [-0.05, 0) is 66.8 Å². The summed E-state index contributed by atoms with van der Waals surface area (Å²) in [5.74, 6) is 1.30. The van der Waals surface area contributed by atoms with Gasteiger partial charge in [-0.25, -0.2) is 0 Å². The average Bonchev–Trinajstić information content (AvgIpc) is 2.98. The molecule has 3 aromatic rings. The topological polar surface area (TPSA) is 67.9 Å². The van der Waals surface area contributed by atoms with Gasteiger partial charge in [-0.3, -0.25) is 9.59 Å². The number of hydrogen-bond acceptors (Lipinski definition) is 4. The van der Waals surface area contributed by atoms with Gasteiger partial charge in [-0.1, -0.05) is 73.3 Å². The van der Waals surface area contributed by atoms with Crippen LogP contribution in [0.15, 0.2) is 78.9 Å². The molecular weight excluding hydrogens is 524 g/mol. The summed E-state index contributed by atoms with van der Waals surface area (Å²) in [5, 5.41) is 3.88. The standard InChI is InChI=1S/C33H39ClN2O4/c1-39-29-17-19-30(20-18-29)40-21-9-16-32(37)36(24-26-12-8-13-27(34)22-26)31(23-25-10-4-2-5-11-25)33(38)35-28-14-6-3-7-15-28/h2,4-5,8,10-13,17-20,22,28,31H,3,6-7,9,14-16,21,23-24H2,1H3,(H,35,38)/t31-/m0/s1. The van der Waals surface area contributed by atoms with Gasteiger partial charge in [0.1, 0.15) is 17.5 Å². The van der Waals surface area contributed by atoms with E-state index in [0.29, 0.717) is 31.0 Å². The minimum Gasteiger partial charge on any atom is -0.497 e. The molecule has 1 fully saturated rings. The van der Waals surface area contributed by atoms with Crippen LogP contribution < -0.4 is 14.8 Å². The number of nitrogens with zero attached hydrogens (tertiary/aromatic N) is 1. The summed E-state index contributed by atoms with van der Waals surface area (Å²) in [4.78, 5) is 29.3. The SMILES string of the molecule is COc1ccc(OCCCC(=O)N(Cc2cccc(Cl)c2)[C@@H](Cc2ccccc2)C(=O)NC2CCCCC2)cc1. The summed E-state index contributed by atoms with van der Waals surface area (Å²) in [6.45, 7) is 0.689. The Morgan fingerprint density at radius 2 is 1.62 bits per heavy atom. The maximum Gasteiger partial charge on any atom is 0.243 e. The second kappa shape index (κ2) is 15.3. The smallest absolute Gasteiger partial charge is 0.243 e. The average molecular weight is 563 g/mol. The molecule has 7 heteroatoms. The molecule has 2 amide bonds. The summed E-state index contributed by atoms with van der Waals surface area (Å²) >= 11 is 6.28. The Balaban J connectivity index is 1.50. The number of ether oxygens (including phenoxy) is 2. The van der Waals surface area contributed by atoms with Crippen molar-refractivity contribution < 1.29 is 19.1 Å². The molecule has 6 nitrogen and oxygen atoms in total. The van der Waals surface area contributed by atoms with Crippen molar-refractivity contribution in [3.63, 3.8) is 0 Å². The van der Waals surface area contributed by atoms with Crippen molar-refractivity contribution >= 4 is 23.4 Å². The lowest BCUT2D eigenvalue weighted by molar-refractivity contribution is -0.141. The van der Waals surface area contributed by atoms with Crippen LogP contribution >= 0.6 is 11.6 Å². The molecule has 0 unspecified atom stereocenters. The van der Waals surface area contributed by atoms with Gasteiger partial charge in [0.25, 0.3) is 0 Å². The van der Waals surface area contributed by atoms with Crippen molar-refractivity contribution in [2.24, 2.45) is 0 Å². The van der Waals surface area contributed by atoms with Crippen LogP contribution in [0.1, 0.15) is 56.1 Å². The number of nitrogens with one attached hydrogen (secondary N) is 1. The van der Waals surface area contributed by atoms with Crippen molar-refractivity contribution in [2.45, 2.75) is 70.0 Å². The summed E-state index contributed by atoms with van der Waals surface area (Å²) in [5.41, 5.74) is 1.90. The first-order valence-corrected chi connectivity index (χ1v) is 14.5. The predicted octanol–water partition coefficient (Wildman–Crippen LogP) is 6.60. The molecule has 212 valence electrons. The number of carbonyl (C=O) groups excluding carboxylic acids is 2. The third kappa shape index (κ3) is 9.02. The quantitative estimate of drug-likeness (QED) is 0.238. The molecule has 0 aliphatic heterocycles. The first-order chi connectivity index (χ1) is 19.5. The van der Waals surface area contributed by atoms with Gasteiger partial charge >= 0.3 is 0 Å². The Hall–Kier alpha value is -3.51. The fourth-order valence-corrected chi connectivity index (χ4v) is 5.37. The Morgan fingerprint density at radius 3 is 2.33 bits per heavy atom. The number of hydrogen-bond donors (Lipinski definition) is 1. The van der Waals surface area contributed by atoms with Crippen LogP contribution in [0.25, 0.3) is 0 Å². The number of benzene rings is 3. The van der Waals surface area contributed by atoms with E-state index < -0.39 is 6.04 Å². The monoisotopic (exact) mass is 562 g/mol. The van der Waals surface area contributed by atoms with Gasteiger partial charge in [0.05, 0.1) is 13.7 Å². The largest absolute Gasteiger partial charge is 0.497 e. The van der Waals surface area contributed by atoms with E-state index in [1.54, 1.807) is 12.0 Å². The van der Waals surface area contributed by atoms with Crippen LogP contribution in [-0.2, 0) is 22.6 Å².